The number of esters is 1. The van der Waals surface area contributed by atoms with Crippen LogP contribution >= 0.6 is 11.6 Å². The number of allylic oxidation sites excluding steroid dienone is 7. The molecular formula is C40H50ClNO4. The minimum absolute atomic E-state index is 0.194. The van der Waals surface area contributed by atoms with Gasteiger partial charge in [0.1, 0.15) is 12.4 Å². The molecule has 0 aliphatic rings. The number of methoxy groups -OCH3 is 1. The van der Waals surface area contributed by atoms with Crippen molar-refractivity contribution in [2.45, 2.75) is 92.9 Å². The lowest BCUT2D eigenvalue weighted by atomic mass is 9.98. The number of fused-ring (bicyclic) bond motifs is 1. The molecule has 246 valence electrons. The number of rotatable bonds is 15. The second kappa shape index (κ2) is 17.8. The third kappa shape index (κ3) is 10.3. The Morgan fingerprint density at radius 1 is 0.826 bits per heavy atom. The number of benzene rings is 2. The largest absolute Gasteiger partial charge is 0.497 e. The van der Waals surface area contributed by atoms with Crippen LogP contribution in [0.2, 0.25) is 5.02 Å². The van der Waals surface area contributed by atoms with Crippen molar-refractivity contribution in [3.63, 3.8) is 0 Å². The van der Waals surface area contributed by atoms with Crippen LogP contribution in [0.25, 0.3) is 10.9 Å². The second-order valence-corrected chi connectivity index (χ2v) is 12.9. The SMILES string of the molecule is COc1ccc2c(c1)c(C(C)C(=O)OC/C=C(\C)CC/C=C(\C)CC/C=C(\C)CCC=C(C)C)c(C)n2C(=O)c1ccc(Cl)cc1. The lowest BCUT2D eigenvalue weighted by molar-refractivity contribution is -0.143. The van der Waals surface area contributed by atoms with Gasteiger partial charge in [-0.25, -0.2) is 0 Å². The second-order valence-electron chi connectivity index (χ2n) is 12.4. The summed E-state index contributed by atoms with van der Waals surface area (Å²) in [5.74, 6) is -0.471. The molecule has 0 radical (unpaired) electrons. The van der Waals surface area contributed by atoms with Crippen LogP contribution in [0.5, 0.6) is 5.75 Å². The lowest BCUT2D eigenvalue weighted by Crippen LogP contribution is -2.17. The molecule has 0 aliphatic carbocycles. The Kier molecular flexibility index (Phi) is 14.1. The zero-order valence-corrected chi connectivity index (χ0v) is 29.6. The van der Waals surface area contributed by atoms with Crippen LogP contribution in [-0.2, 0) is 9.53 Å². The molecule has 0 spiro atoms. The average Bonchev–Trinajstić information content (AvgIpc) is 3.30. The van der Waals surface area contributed by atoms with E-state index in [2.05, 4.69) is 52.8 Å². The van der Waals surface area contributed by atoms with Crippen LogP contribution in [0, 0.1) is 6.92 Å². The van der Waals surface area contributed by atoms with Gasteiger partial charge in [0, 0.05) is 21.7 Å². The first kappa shape index (κ1) is 36.6. The van der Waals surface area contributed by atoms with Crippen molar-refractivity contribution in [3.05, 3.63) is 111 Å². The van der Waals surface area contributed by atoms with Gasteiger partial charge in [0.2, 0.25) is 0 Å². The molecule has 0 fully saturated rings. The van der Waals surface area contributed by atoms with E-state index in [4.69, 9.17) is 21.1 Å². The molecule has 1 aromatic heterocycles. The van der Waals surface area contributed by atoms with Gasteiger partial charge in [-0.15, -0.1) is 0 Å². The van der Waals surface area contributed by atoms with Gasteiger partial charge in [-0.3, -0.25) is 14.2 Å². The summed E-state index contributed by atoms with van der Waals surface area (Å²) in [5, 5.41) is 1.34. The molecule has 0 saturated heterocycles. The van der Waals surface area contributed by atoms with Crippen molar-refractivity contribution >= 4 is 34.4 Å². The van der Waals surface area contributed by atoms with Gasteiger partial charge < -0.3 is 9.47 Å². The van der Waals surface area contributed by atoms with E-state index in [0.29, 0.717) is 27.5 Å². The zero-order valence-electron chi connectivity index (χ0n) is 28.8. The molecule has 0 saturated carbocycles. The van der Waals surface area contributed by atoms with E-state index in [1.807, 2.05) is 38.1 Å². The molecule has 2 aromatic carbocycles. The molecule has 1 atom stereocenters. The van der Waals surface area contributed by atoms with Gasteiger partial charge in [0.15, 0.2) is 0 Å². The normalized spacial score (nSPS) is 13.1. The Labute approximate surface area is 280 Å². The standard InChI is InChI=1S/C40H50ClNO4/c1-27(2)12-9-13-28(3)14-10-15-29(4)16-11-17-30(5)24-25-46-40(44)31(6)38-32(7)42(37-23-22-35(45-8)26-36(37)38)39(43)33-18-20-34(41)21-19-33/h12,14,16,18-24,26,31H,9-11,13,15,17,25H2,1-8H3/b28-14+,29-16+,30-24+. The van der Waals surface area contributed by atoms with Crippen molar-refractivity contribution in [1.82, 2.24) is 4.57 Å². The van der Waals surface area contributed by atoms with Crippen LogP contribution in [0.15, 0.2) is 89.1 Å². The first-order valence-electron chi connectivity index (χ1n) is 16.2. The van der Waals surface area contributed by atoms with Crippen LogP contribution < -0.4 is 4.74 Å². The Bertz CT molecular complexity index is 1630. The monoisotopic (exact) mass is 643 g/mol. The fraction of sp³-hybridized carbons (Fsp3) is 0.400. The number of carbonyl (C=O) groups is 2. The third-order valence-corrected chi connectivity index (χ3v) is 8.60. The summed E-state index contributed by atoms with van der Waals surface area (Å²) >= 11 is 6.05. The Hall–Kier alpha value is -3.83. The topological polar surface area (TPSA) is 57.5 Å². The van der Waals surface area contributed by atoms with E-state index in [-0.39, 0.29) is 18.5 Å². The van der Waals surface area contributed by atoms with Crippen molar-refractivity contribution in [2.24, 2.45) is 0 Å². The van der Waals surface area contributed by atoms with Gasteiger partial charge in [0.05, 0.1) is 18.5 Å². The number of hydrogen-bond acceptors (Lipinski definition) is 4. The van der Waals surface area contributed by atoms with Crippen LogP contribution in [0.3, 0.4) is 0 Å². The molecule has 0 bridgehead atoms. The maximum atomic E-state index is 13.6. The molecule has 6 heteroatoms. The van der Waals surface area contributed by atoms with Crippen molar-refractivity contribution in [1.29, 1.82) is 0 Å². The van der Waals surface area contributed by atoms with Gasteiger partial charge in [-0.2, -0.15) is 0 Å². The molecule has 3 aromatic rings. The minimum Gasteiger partial charge on any atom is -0.497 e. The lowest BCUT2D eigenvalue weighted by Gasteiger charge is -2.13. The highest BCUT2D eigenvalue weighted by Gasteiger charge is 2.27. The third-order valence-electron chi connectivity index (χ3n) is 8.35. The van der Waals surface area contributed by atoms with Crippen molar-refractivity contribution < 1.29 is 19.1 Å². The minimum atomic E-state index is -0.585. The number of nitrogens with zero attached hydrogens (tertiary/aromatic N) is 1. The molecule has 1 unspecified atom stereocenters. The van der Waals surface area contributed by atoms with Gasteiger partial charge in [-0.1, -0.05) is 52.1 Å². The fourth-order valence-corrected chi connectivity index (χ4v) is 5.70. The molecule has 0 aliphatic heterocycles. The number of halogens is 1. The Morgan fingerprint density at radius 3 is 1.96 bits per heavy atom. The summed E-state index contributed by atoms with van der Waals surface area (Å²) in [6, 6.07) is 12.3. The van der Waals surface area contributed by atoms with Crippen LogP contribution in [-0.4, -0.2) is 30.2 Å². The molecule has 1 heterocycles. The van der Waals surface area contributed by atoms with E-state index < -0.39 is 5.92 Å². The maximum absolute atomic E-state index is 13.6. The fourth-order valence-electron chi connectivity index (χ4n) is 5.57. The molecule has 0 amide bonds. The molecule has 3 rings (SSSR count). The van der Waals surface area contributed by atoms with Crippen molar-refractivity contribution in [3.8, 4) is 5.75 Å². The van der Waals surface area contributed by atoms with Gasteiger partial charge >= 0.3 is 5.97 Å². The van der Waals surface area contributed by atoms with E-state index in [1.165, 1.54) is 22.3 Å². The highest BCUT2D eigenvalue weighted by atomic mass is 35.5. The predicted octanol–water partition coefficient (Wildman–Crippen LogP) is 11.1. The van der Waals surface area contributed by atoms with Crippen LogP contribution in [0.1, 0.15) is 108 Å². The number of aromatic nitrogens is 1. The highest BCUT2D eigenvalue weighted by molar-refractivity contribution is 6.30. The average molecular weight is 644 g/mol. The van der Waals surface area contributed by atoms with E-state index in [9.17, 15) is 9.59 Å². The van der Waals surface area contributed by atoms with Gasteiger partial charge in [-0.05, 0) is 141 Å². The summed E-state index contributed by atoms with van der Waals surface area (Å²) in [5.41, 5.74) is 8.08. The summed E-state index contributed by atoms with van der Waals surface area (Å²) in [6.07, 6.45) is 15.2. The number of hydrogen-bond donors (Lipinski definition) is 0. The molecular weight excluding hydrogens is 594 g/mol. The zero-order chi connectivity index (χ0) is 33.8. The summed E-state index contributed by atoms with van der Waals surface area (Å²) in [4.78, 5) is 26.9. The first-order valence-corrected chi connectivity index (χ1v) is 16.6. The van der Waals surface area contributed by atoms with Gasteiger partial charge in [0.25, 0.3) is 5.91 Å². The van der Waals surface area contributed by atoms with E-state index in [1.54, 1.807) is 35.9 Å². The number of ether oxygens (including phenoxy) is 2. The quantitative estimate of drug-likeness (QED) is 0.122. The van der Waals surface area contributed by atoms with Crippen LogP contribution in [0.4, 0.5) is 0 Å². The van der Waals surface area contributed by atoms with E-state index >= 15 is 0 Å². The molecule has 0 N–H and O–H groups in total. The predicted molar refractivity (Wildman–Crippen MR) is 192 cm³/mol. The first-order chi connectivity index (χ1) is 21.9. The van der Waals surface area contributed by atoms with E-state index in [0.717, 1.165) is 49.5 Å². The number of carbonyl (C=O) groups excluding carboxylic acids is 2. The molecule has 5 nitrogen and oxygen atoms in total. The summed E-state index contributed by atoms with van der Waals surface area (Å²) in [7, 11) is 1.60. The summed E-state index contributed by atoms with van der Waals surface area (Å²) in [6.45, 7) is 14.7. The highest BCUT2D eigenvalue weighted by Crippen LogP contribution is 2.35. The summed E-state index contributed by atoms with van der Waals surface area (Å²) < 4.78 is 12.8. The smallest absolute Gasteiger partial charge is 0.313 e. The Morgan fingerprint density at radius 2 is 1.39 bits per heavy atom. The van der Waals surface area contributed by atoms with Crippen molar-refractivity contribution in [2.75, 3.05) is 13.7 Å². The maximum Gasteiger partial charge on any atom is 0.313 e. The molecule has 46 heavy (non-hydrogen) atoms. The Balaban J connectivity index is 1.61.